The van der Waals surface area contributed by atoms with Gasteiger partial charge >= 0.3 is 5.97 Å². The van der Waals surface area contributed by atoms with Crippen molar-refractivity contribution in [2.24, 2.45) is 0 Å². The molecule has 25 heavy (non-hydrogen) atoms. The van der Waals surface area contributed by atoms with Gasteiger partial charge in [-0.05, 0) is 18.2 Å². The largest absolute Gasteiger partial charge is 0.479 e. The normalized spacial score (nSPS) is 14.4. The van der Waals surface area contributed by atoms with Crippen LogP contribution in [0.2, 0.25) is 5.02 Å². The van der Waals surface area contributed by atoms with Gasteiger partial charge in [0, 0.05) is 24.4 Å². The molecule has 0 aromatic heterocycles. The summed E-state index contributed by atoms with van der Waals surface area (Å²) in [6, 6.07) is 12.2. The Hall–Kier alpha value is -1.88. The fourth-order valence-electron chi connectivity index (χ4n) is 2.04. The number of para-hydroxylation sites is 1. The van der Waals surface area contributed by atoms with Crippen molar-refractivity contribution in [3.8, 4) is 5.75 Å². The number of rotatable bonds is 7. The highest BCUT2D eigenvalue weighted by Gasteiger charge is 2.35. The van der Waals surface area contributed by atoms with Crippen molar-refractivity contribution in [3.63, 3.8) is 0 Å². The average Bonchev–Trinajstić information content (AvgIpc) is 2.59. The van der Waals surface area contributed by atoms with Crippen LogP contribution in [-0.2, 0) is 18.6 Å². The lowest BCUT2D eigenvalue weighted by Crippen LogP contribution is -2.19. The summed E-state index contributed by atoms with van der Waals surface area (Å²) in [7, 11) is -2.09. The fraction of sp³-hybridized carbons (Fsp3) is 0.235. The van der Waals surface area contributed by atoms with E-state index in [0.717, 1.165) is 0 Å². The van der Waals surface area contributed by atoms with Gasteiger partial charge in [-0.15, -0.1) is 0 Å². The zero-order chi connectivity index (χ0) is 18.4. The Balaban J connectivity index is 2.14. The molecular formula is C17H17ClFO5P. The summed E-state index contributed by atoms with van der Waals surface area (Å²) in [5.74, 6) is -2.70. The Bertz CT molecular complexity index is 798. The number of esters is 1. The Labute approximate surface area is 150 Å². The summed E-state index contributed by atoms with van der Waals surface area (Å²) in [5, 5.41) is 0.287. The van der Waals surface area contributed by atoms with Gasteiger partial charge in [0.05, 0.1) is 0 Å². The SMILES string of the molecule is COP(C)(=O)C(OC(=O)COc1ccccc1F)c1ccccc1Cl. The molecule has 8 heteroatoms. The van der Waals surface area contributed by atoms with Gasteiger partial charge in [-0.3, -0.25) is 4.57 Å². The molecule has 2 unspecified atom stereocenters. The van der Waals surface area contributed by atoms with Crippen molar-refractivity contribution in [2.75, 3.05) is 20.4 Å². The minimum Gasteiger partial charge on any atom is -0.479 e. The van der Waals surface area contributed by atoms with E-state index in [2.05, 4.69) is 0 Å². The lowest BCUT2D eigenvalue weighted by atomic mass is 10.2. The third-order valence-corrected chi connectivity index (χ3v) is 5.69. The van der Waals surface area contributed by atoms with E-state index in [0.29, 0.717) is 5.56 Å². The smallest absolute Gasteiger partial charge is 0.345 e. The number of benzene rings is 2. The number of halogens is 2. The van der Waals surface area contributed by atoms with Gasteiger partial charge in [-0.25, -0.2) is 9.18 Å². The number of ether oxygens (including phenoxy) is 2. The van der Waals surface area contributed by atoms with Crippen LogP contribution >= 0.6 is 19.0 Å². The first-order chi connectivity index (χ1) is 11.8. The molecule has 2 aromatic rings. The van der Waals surface area contributed by atoms with Gasteiger partial charge in [0.2, 0.25) is 13.2 Å². The van der Waals surface area contributed by atoms with E-state index in [-0.39, 0.29) is 10.8 Å². The Morgan fingerprint density at radius 1 is 1.20 bits per heavy atom. The molecule has 0 radical (unpaired) electrons. The van der Waals surface area contributed by atoms with E-state index >= 15 is 0 Å². The summed E-state index contributed by atoms with van der Waals surface area (Å²) >= 11 is 6.11. The summed E-state index contributed by atoms with van der Waals surface area (Å²) in [4.78, 5) is 12.1. The van der Waals surface area contributed by atoms with Gasteiger partial charge in [-0.2, -0.15) is 0 Å². The zero-order valence-corrected chi connectivity index (χ0v) is 15.3. The van der Waals surface area contributed by atoms with Crippen LogP contribution in [0.25, 0.3) is 0 Å². The number of hydrogen-bond acceptors (Lipinski definition) is 5. The summed E-state index contributed by atoms with van der Waals surface area (Å²) in [5.41, 5.74) is 0.357. The maximum absolute atomic E-state index is 13.5. The molecule has 0 amide bonds. The molecule has 0 heterocycles. The Morgan fingerprint density at radius 3 is 2.48 bits per heavy atom. The predicted molar refractivity (Wildman–Crippen MR) is 92.7 cm³/mol. The molecule has 2 rings (SSSR count). The maximum Gasteiger partial charge on any atom is 0.345 e. The first kappa shape index (κ1) is 19.4. The summed E-state index contributed by atoms with van der Waals surface area (Å²) < 4.78 is 41.5. The second-order valence-electron chi connectivity index (χ2n) is 5.17. The van der Waals surface area contributed by atoms with E-state index < -0.39 is 31.6 Å². The van der Waals surface area contributed by atoms with E-state index in [1.165, 1.54) is 32.0 Å². The van der Waals surface area contributed by atoms with E-state index in [1.807, 2.05) is 0 Å². The van der Waals surface area contributed by atoms with Crippen LogP contribution in [-0.4, -0.2) is 26.4 Å². The molecule has 0 N–H and O–H groups in total. The number of hydrogen-bond donors (Lipinski definition) is 0. The van der Waals surface area contributed by atoms with Crippen molar-refractivity contribution >= 4 is 24.9 Å². The van der Waals surface area contributed by atoms with E-state index in [9.17, 15) is 13.8 Å². The van der Waals surface area contributed by atoms with Gasteiger partial charge in [0.15, 0.2) is 18.2 Å². The van der Waals surface area contributed by atoms with Gasteiger partial charge in [0.1, 0.15) is 0 Å². The molecule has 2 aromatic carbocycles. The maximum atomic E-state index is 13.5. The van der Waals surface area contributed by atoms with Crippen molar-refractivity contribution in [1.82, 2.24) is 0 Å². The minimum atomic E-state index is -3.35. The van der Waals surface area contributed by atoms with Crippen LogP contribution in [0.1, 0.15) is 11.4 Å². The van der Waals surface area contributed by atoms with Crippen LogP contribution in [0.15, 0.2) is 48.5 Å². The van der Waals surface area contributed by atoms with Crippen LogP contribution in [0.4, 0.5) is 4.39 Å². The third-order valence-electron chi connectivity index (χ3n) is 3.39. The number of carbonyl (C=O) groups is 1. The lowest BCUT2D eigenvalue weighted by Gasteiger charge is -2.24. The molecule has 0 bridgehead atoms. The summed E-state index contributed by atoms with van der Waals surface area (Å²) in [6.07, 6.45) is 0. The molecule has 0 aliphatic carbocycles. The Kier molecular flexibility index (Phi) is 6.59. The second kappa shape index (κ2) is 8.48. The van der Waals surface area contributed by atoms with E-state index in [4.69, 9.17) is 25.6 Å². The van der Waals surface area contributed by atoms with Crippen LogP contribution in [0, 0.1) is 5.82 Å². The van der Waals surface area contributed by atoms with Crippen molar-refractivity contribution < 1.29 is 27.7 Å². The number of carbonyl (C=O) groups excluding carboxylic acids is 1. The van der Waals surface area contributed by atoms with Crippen molar-refractivity contribution in [3.05, 3.63) is 64.9 Å². The van der Waals surface area contributed by atoms with Crippen LogP contribution in [0.3, 0.4) is 0 Å². The Morgan fingerprint density at radius 2 is 1.84 bits per heavy atom. The fourth-order valence-corrected chi connectivity index (χ4v) is 3.58. The molecule has 0 aliphatic rings. The second-order valence-corrected chi connectivity index (χ2v) is 8.23. The predicted octanol–water partition coefficient (Wildman–Crippen LogP) is 4.65. The first-order valence-electron chi connectivity index (χ1n) is 7.29. The molecule has 134 valence electrons. The molecular weight excluding hydrogens is 370 g/mol. The quantitative estimate of drug-likeness (QED) is 0.512. The van der Waals surface area contributed by atoms with Crippen molar-refractivity contribution in [1.29, 1.82) is 0 Å². The zero-order valence-electron chi connectivity index (χ0n) is 13.6. The van der Waals surface area contributed by atoms with Gasteiger partial charge < -0.3 is 14.0 Å². The first-order valence-corrected chi connectivity index (χ1v) is 9.81. The van der Waals surface area contributed by atoms with Gasteiger partial charge in [0.25, 0.3) is 0 Å². The molecule has 0 fully saturated rings. The monoisotopic (exact) mass is 386 g/mol. The highest BCUT2D eigenvalue weighted by atomic mass is 35.5. The molecule has 0 saturated carbocycles. The third kappa shape index (κ3) is 5.05. The topological polar surface area (TPSA) is 61.8 Å². The lowest BCUT2D eigenvalue weighted by molar-refractivity contribution is -0.148. The van der Waals surface area contributed by atoms with Gasteiger partial charge in [-0.1, -0.05) is 41.9 Å². The highest BCUT2D eigenvalue weighted by molar-refractivity contribution is 7.58. The minimum absolute atomic E-state index is 0.0832. The molecule has 5 nitrogen and oxygen atoms in total. The molecule has 0 spiro atoms. The molecule has 0 saturated heterocycles. The summed E-state index contributed by atoms with van der Waals surface area (Å²) in [6.45, 7) is 0.789. The average molecular weight is 387 g/mol. The van der Waals surface area contributed by atoms with E-state index in [1.54, 1.807) is 30.3 Å². The van der Waals surface area contributed by atoms with Crippen LogP contribution in [0.5, 0.6) is 5.75 Å². The van der Waals surface area contributed by atoms with Crippen molar-refractivity contribution in [2.45, 2.75) is 5.85 Å². The highest BCUT2D eigenvalue weighted by Crippen LogP contribution is 2.58. The van der Waals surface area contributed by atoms with Crippen LogP contribution < -0.4 is 4.74 Å². The standard InChI is InChI=1S/C17H17ClFO5P/c1-22-25(2,21)17(12-7-3-4-8-13(12)18)24-16(20)11-23-15-10-6-5-9-14(15)19/h3-10,17H,11H2,1-2H3. The molecule has 2 atom stereocenters. The molecule has 0 aliphatic heterocycles.